The number of hydrogen-bond acceptors (Lipinski definition) is 3. The van der Waals surface area contributed by atoms with Gasteiger partial charge < -0.3 is 11.1 Å². The molecular formula is C15H17F3N2O. The van der Waals surface area contributed by atoms with Gasteiger partial charge in [-0.25, -0.2) is 0 Å². The molecule has 21 heavy (non-hydrogen) atoms. The molecule has 0 saturated carbocycles. The van der Waals surface area contributed by atoms with Crippen LogP contribution in [0.1, 0.15) is 18.9 Å². The second-order valence-corrected chi connectivity index (χ2v) is 4.39. The van der Waals surface area contributed by atoms with E-state index in [4.69, 9.17) is 5.73 Å². The summed E-state index contributed by atoms with van der Waals surface area (Å²) in [6, 6.07) is 6.81. The molecule has 0 radical (unpaired) electrons. The molecule has 1 aromatic carbocycles. The normalized spacial score (nSPS) is 12.1. The highest BCUT2D eigenvalue weighted by molar-refractivity contribution is 5.98. The first-order valence-electron chi connectivity index (χ1n) is 6.35. The van der Waals surface area contributed by atoms with Crippen LogP contribution in [0.2, 0.25) is 0 Å². The number of rotatable bonds is 6. The molecule has 0 aliphatic rings. The van der Waals surface area contributed by atoms with E-state index in [1.807, 2.05) is 0 Å². The molecule has 0 aromatic heterocycles. The summed E-state index contributed by atoms with van der Waals surface area (Å²) in [5, 5.41) is 2.70. The maximum absolute atomic E-state index is 12.5. The highest BCUT2D eigenvalue weighted by Gasteiger charge is 2.31. The summed E-state index contributed by atoms with van der Waals surface area (Å²) in [6.45, 7) is 4.82. The van der Waals surface area contributed by atoms with Gasteiger partial charge in [-0.3, -0.25) is 4.79 Å². The Kier molecular flexibility index (Phi) is 5.72. The van der Waals surface area contributed by atoms with E-state index < -0.39 is 17.5 Å². The zero-order valence-corrected chi connectivity index (χ0v) is 11.6. The Morgan fingerprint density at radius 2 is 2.10 bits per heavy atom. The number of nitrogens with one attached hydrogen (secondary N) is 1. The number of Topliss-reactive ketones (excluding diaryl/α,β-unsaturated/α-hetero) is 1. The van der Waals surface area contributed by atoms with Gasteiger partial charge in [0, 0.05) is 18.7 Å². The molecule has 1 aromatic rings. The van der Waals surface area contributed by atoms with Gasteiger partial charge in [0.1, 0.15) is 0 Å². The van der Waals surface area contributed by atoms with Gasteiger partial charge in [0.05, 0.1) is 11.3 Å². The van der Waals surface area contributed by atoms with Gasteiger partial charge in [-0.05, 0) is 23.8 Å². The lowest BCUT2D eigenvalue weighted by molar-refractivity contribution is -0.115. The van der Waals surface area contributed by atoms with E-state index in [0.717, 1.165) is 11.6 Å². The summed E-state index contributed by atoms with van der Waals surface area (Å²) in [5.74, 6) is -0.432. The average Bonchev–Trinajstić information content (AvgIpc) is 2.44. The zero-order valence-electron chi connectivity index (χ0n) is 11.6. The Morgan fingerprint density at radius 1 is 1.43 bits per heavy atom. The molecule has 0 saturated heterocycles. The maximum atomic E-state index is 12.5. The predicted octanol–water partition coefficient (Wildman–Crippen LogP) is 3.54. The van der Waals surface area contributed by atoms with Gasteiger partial charge in [0.15, 0.2) is 5.78 Å². The largest absolute Gasteiger partial charge is 0.415 e. The highest BCUT2D eigenvalue weighted by atomic mass is 19.4. The number of benzene rings is 1. The molecule has 0 aliphatic heterocycles. The highest BCUT2D eigenvalue weighted by Crippen LogP contribution is 2.26. The van der Waals surface area contributed by atoms with Crippen LogP contribution >= 0.6 is 0 Å². The van der Waals surface area contributed by atoms with Gasteiger partial charge >= 0.3 is 6.18 Å². The van der Waals surface area contributed by atoms with E-state index in [9.17, 15) is 18.0 Å². The standard InChI is InChI=1S/C15H17F3N2O/c1-3-14(21)13(7-10(2)15(16,17)18)20-12-6-4-5-11(8-12)9-19/h4-8,20H,2-3,9,19H2,1H3/b13-7-. The second-order valence-electron chi connectivity index (χ2n) is 4.39. The Bertz CT molecular complexity index is 562. The molecule has 0 fully saturated rings. The van der Waals surface area contributed by atoms with Crippen LogP contribution < -0.4 is 11.1 Å². The molecule has 6 heteroatoms. The number of hydrogen-bond donors (Lipinski definition) is 2. The van der Waals surface area contributed by atoms with Crippen LogP contribution in [0, 0.1) is 0 Å². The van der Waals surface area contributed by atoms with E-state index in [2.05, 4.69) is 11.9 Å². The SMILES string of the molecule is C=C(/C=C(\Nc1cccc(CN)c1)C(=O)CC)C(F)(F)F. The number of carbonyl (C=O) groups excluding carboxylic acids is 1. The summed E-state index contributed by atoms with van der Waals surface area (Å²) >= 11 is 0. The van der Waals surface area contributed by atoms with Crippen LogP contribution in [0.25, 0.3) is 0 Å². The van der Waals surface area contributed by atoms with Crippen molar-refractivity contribution in [3.05, 3.63) is 53.8 Å². The third-order valence-electron chi connectivity index (χ3n) is 2.75. The third-order valence-corrected chi connectivity index (χ3v) is 2.75. The smallest absolute Gasteiger partial charge is 0.353 e. The molecule has 0 heterocycles. The van der Waals surface area contributed by atoms with Crippen molar-refractivity contribution in [3.63, 3.8) is 0 Å². The molecule has 0 amide bonds. The maximum Gasteiger partial charge on any atom is 0.415 e. The minimum Gasteiger partial charge on any atom is -0.353 e. The average molecular weight is 298 g/mol. The number of anilines is 1. The lowest BCUT2D eigenvalue weighted by Gasteiger charge is -2.12. The number of allylic oxidation sites excluding steroid dienone is 3. The Labute approximate surface area is 121 Å². The zero-order chi connectivity index (χ0) is 16.0. The molecule has 0 spiro atoms. The number of halogens is 3. The Morgan fingerprint density at radius 3 is 2.62 bits per heavy atom. The van der Waals surface area contributed by atoms with Crippen molar-refractivity contribution in [2.45, 2.75) is 26.1 Å². The summed E-state index contributed by atoms with van der Waals surface area (Å²) < 4.78 is 37.6. The molecule has 3 N–H and O–H groups in total. The lowest BCUT2D eigenvalue weighted by Crippen LogP contribution is -2.15. The van der Waals surface area contributed by atoms with E-state index in [1.54, 1.807) is 31.2 Å². The van der Waals surface area contributed by atoms with Gasteiger partial charge in [-0.15, -0.1) is 0 Å². The molecule has 0 bridgehead atoms. The van der Waals surface area contributed by atoms with Crippen LogP contribution in [0.3, 0.4) is 0 Å². The first kappa shape index (κ1) is 17.0. The minimum absolute atomic E-state index is 0.0839. The van der Waals surface area contributed by atoms with Crippen molar-refractivity contribution < 1.29 is 18.0 Å². The number of carbonyl (C=O) groups is 1. The van der Waals surface area contributed by atoms with Crippen LogP contribution in [0.5, 0.6) is 0 Å². The first-order valence-corrected chi connectivity index (χ1v) is 6.35. The van der Waals surface area contributed by atoms with Crippen molar-refractivity contribution in [1.29, 1.82) is 0 Å². The fourth-order valence-electron chi connectivity index (χ4n) is 1.56. The Hall–Kier alpha value is -2.08. The van der Waals surface area contributed by atoms with Crippen molar-refractivity contribution in [1.82, 2.24) is 0 Å². The topological polar surface area (TPSA) is 55.1 Å². The molecule has 1 rings (SSSR count). The van der Waals surface area contributed by atoms with E-state index in [1.165, 1.54) is 0 Å². The molecule has 0 unspecified atom stereocenters. The van der Waals surface area contributed by atoms with Crippen molar-refractivity contribution in [2.75, 3.05) is 5.32 Å². The van der Waals surface area contributed by atoms with Crippen molar-refractivity contribution in [3.8, 4) is 0 Å². The van der Waals surface area contributed by atoms with E-state index >= 15 is 0 Å². The van der Waals surface area contributed by atoms with Gasteiger partial charge in [0.2, 0.25) is 0 Å². The summed E-state index contributed by atoms with van der Waals surface area (Å²) in [5.41, 5.74) is 5.58. The number of ketones is 1. The van der Waals surface area contributed by atoms with E-state index in [-0.39, 0.29) is 12.1 Å². The van der Waals surface area contributed by atoms with E-state index in [0.29, 0.717) is 12.2 Å². The second kappa shape index (κ2) is 7.08. The monoisotopic (exact) mass is 298 g/mol. The third kappa shape index (κ3) is 5.07. The molecule has 0 aliphatic carbocycles. The lowest BCUT2D eigenvalue weighted by atomic mass is 10.1. The molecule has 0 atom stereocenters. The minimum atomic E-state index is -4.57. The molecular weight excluding hydrogens is 281 g/mol. The van der Waals surface area contributed by atoms with Gasteiger partial charge in [-0.2, -0.15) is 13.2 Å². The summed E-state index contributed by atoms with van der Waals surface area (Å²) in [7, 11) is 0. The fourth-order valence-corrected chi connectivity index (χ4v) is 1.56. The fraction of sp³-hybridized carbons (Fsp3) is 0.267. The van der Waals surface area contributed by atoms with Crippen LogP contribution in [0.4, 0.5) is 18.9 Å². The van der Waals surface area contributed by atoms with Gasteiger partial charge in [-0.1, -0.05) is 25.6 Å². The van der Waals surface area contributed by atoms with Crippen molar-refractivity contribution >= 4 is 11.5 Å². The number of alkyl halides is 3. The van der Waals surface area contributed by atoms with Gasteiger partial charge in [0.25, 0.3) is 0 Å². The van der Waals surface area contributed by atoms with Crippen LogP contribution in [0.15, 0.2) is 48.2 Å². The molecule has 114 valence electrons. The number of nitrogens with two attached hydrogens (primary N) is 1. The van der Waals surface area contributed by atoms with Crippen molar-refractivity contribution in [2.24, 2.45) is 5.73 Å². The summed E-state index contributed by atoms with van der Waals surface area (Å²) in [6.07, 6.45) is -3.76. The summed E-state index contributed by atoms with van der Waals surface area (Å²) in [4.78, 5) is 11.8. The predicted molar refractivity (Wildman–Crippen MR) is 76.5 cm³/mol. The first-order chi connectivity index (χ1) is 9.77. The Balaban J connectivity index is 3.06. The van der Waals surface area contributed by atoms with Crippen LogP contribution in [-0.2, 0) is 11.3 Å². The molecule has 3 nitrogen and oxygen atoms in total. The quantitative estimate of drug-likeness (QED) is 0.624. The van der Waals surface area contributed by atoms with Crippen LogP contribution in [-0.4, -0.2) is 12.0 Å².